The maximum Gasteiger partial charge on any atom is 0.194 e. The molecule has 0 aromatic heterocycles. The molecule has 0 bridgehead atoms. The van der Waals surface area contributed by atoms with E-state index < -0.39 is 23.5 Å². The fourth-order valence-corrected chi connectivity index (χ4v) is 2.28. The van der Waals surface area contributed by atoms with E-state index in [1.807, 2.05) is 0 Å². The monoisotopic (exact) mass is 319 g/mol. The molecule has 2 aromatic rings. The van der Waals surface area contributed by atoms with Gasteiger partial charge in [-0.15, -0.1) is 0 Å². The molecule has 0 aliphatic rings. The van der Waals surface area contributed by atoms with Gasteiger partial charge in [0.25, 0.3) is 0 Å². The minimum absolute atomic E-state index is 0.111. The lowest BCUT2D eigenvalue weighted by Crippen LogP contribution is -2.16. The summed E-state index contributed by atoms with van der Waals surface area (Å²) in [4.78, 5) is 0. The summed E-state index contributed by atoms with van der Waals surface area (Å²) in [5.41, 5.74) is 6.33. The van der Waals surface area contributed by atoms with Crippen LogP contribution in [-0.4, -0.2) is 0 Å². The molecule has 2 N–H and O–H groups in total. The second-order valence-corrected chi connectivity index (χ2v) is 5.07. The molecule has 0 radical (unpaired) electrons. The zero-order valence-electron chi connectivity index (χ0n) is 10.1. The molecule has 6 heteroatoms. The number of hydrogen-bond acceptors (Lipinski definition) is 1. The predicted molar refractivity (Wildman–Crippen MR) is 73.4 cm³/mol. The van der Waals surface area contributed by atoms with Crippen LogP contribution in [-0.2, 0) is 6.42 Å². The summed E-state index contributed by atoms with van der Waals surface area (Å²) in [6.45, 7) is 0. The van der Waals surface area contributed by atoms with E-state index in [9.17, 15) is 13.2 Å². The first kappa shape index (κ1) is 15.2. The Balaban J connectivity index is 2.31. The topological polar surface area (TPSA) is 26.0 Å². The highest BCUT2D eigenvalue weighted by molar-refractivity contribution is 6.42. The van der Waals surface area contributed by atoms with E-state index in [-0.39, 0.29) is 12.0 Å². The number of hydrogen-bond donors (Lipinski definition) is 1. The van der Waals surface area contributed by atoms with Crippen LogP contribution in [0.1, 0.15) is 17.2 Å². The first-order valence-corrected chi connectivity index (χ1v) is 6.49. The van der Waals surface area contributed by atoms with Crippen molar-refractivity contribution in [2.45, 2.75) is 12.5 Å². The van der Waals surface area contributed by atoms with Crippen molar-refractivity contribution in [2.24, 2.45) is 5.73 Å². The third-order valence-corrected chi connectivity index (χ3v) is 3.79. The van der Waals surface area contributed by atoms with Crippen molar-refractivity contribution < 1.29 is 13.2 Å². The summed E-state index contributed by atoms with van der Waals surface area (Å²) >= 11 is 11.9. The lowest BCUT2D eigenvalue weighted by atomic mass is 9.99. The van der Waals surface area contributed by atoms with Crippen LogP contribution in [0.5, 0.6) is 0 Å². The fraction of sp³-hybridized carbons (Fsp3) is 0.143. The van der Waals surface area contributed by atoms with Crippen molar-refractivity contribution in [1.29, 1.82) is 0 Å². The number of rotatable bonds is 3. The Kier molecular flexibility index (Phi) is 4.58. The van der Waals surface area contributed by atoms with Crippen LogP contribution in [0.4, 0.5) is 13.2 Å². The third kappa shape index (κ3) is 2.92. The summed E-state index contributed by atoms with van der Waals surface area (Å²) in [5.74, 6) is -4.06. The van der Waals surface area contributed by atoms with Crippen LogP contribution >= 0.6 is 23.2 Å². The zero-order chi connectivity index (χ0) is 14.9. The Bertz CT molecular complexity index is 647. The molecule has 20 heavy (non-hydrogen) atoms. The second kappa shape index (κ2) is 6.04. The van der Waals surface area contributed by atoms with Gasteiger partial charge in [0.05, 0.1) is 10.0 Å². The van der Waals surface area contributed by atoms with Gasteiger partial charge < -0.3 is 5.73 Å². The maximum absolute atomic E-state index is 13.6. The molecular weight excluding hydrogens is 310 g/mol. The molecule has 1 atom stereocenters. The molecule has 2 aromatic carbocycles. The minimum Gasteiger partial charge on any atom is -0.324 e. The first-order chi connectivity index (χ1) is 9.41. The molecule has 1 nitrogen and oxygen atoms in total. The average Bonchev–Trinajstić information content (AvgIpc) is 2.41. The Labute approximate surface area is 124 Å². The highest BCUT2D eigenvalue weighted by Crippen LogP contribution is 2.29. The molecule has 0 aliphatic carbocycles. The zero-order valence-corrected chi connectivity index (χ0v) is 11.7. The summed E-state index contributed by atoms with van der Waals surface area (Å²) in [6, 6.07) is 6.08. The van der Waals surface area contributed by atoms with E-state index in [2.05, 4.69) is 0 Å². The van der Waals surface area contributed by atoms with Crippen molar-refractivity contribution in [3.8, 4) is 0 Å². The predicted octanol–water partition coefficient (Wildman–Crippen LogP) is 4.65. The number of nitrogens with two attached hydrogens (primary N) is 1. The summed E-state index contributed by atoms with van der Waals surface area (Å²) in [5, 5.41) is 0.662. The van der Waals surface area contributed by atoms with E-state index in [1.54, 1.807) is 18.2 Å². The lowest BCUT2D eigenvalue weighted by molar-refractivity contribution is 0.435. The van der Waals surface area contributed by atoms with Gasteiger partial charge in [-0.25, -0.2) is 13.2 Å². The Morgan fingerprint density at radius 3 is 2.40 bits per heavy atom. The normalized spacial score (nSPS) is 12.5. The Hall–Kier alpha value is -1.23. The smallest absolute Gasteiger partial charge is 0.194 e. The van der Waals surface area contributed by atoms with Crippen LogP contribution in [0.25, 0.3) is 0 Å². The van der Waals surface area contributed by atoms with Gasteiger partial charge in [0, 0.05) is 11.6 Å². The SMILES string of the molecule is NC(Cc1cccc(Cl)c1Cl)c1ccc(F)c(F)c1F. The first-order valence-electron chi connectivity index (χ1n) is 5.73. The van der Waals surface area contributed by atoms with Gasteiger partial charge in [0.2, 0.25) is 0 Å². The molecule has 0 aliphatic heterocycles. The van der Waals surface area contributed by atoms with Gasteiger partial charge in [0.15, 0.2) is 17.5 Å². The fourth-order valence-electron chi connectivity index (χ4n) is 1.88. The molecule has 2 rings (SSSR count). The van der Waals surface area contributed by atoms with Crippen molar-refractivity contribution >= 4 is 23.2 Å². The largest absolute Gasteiger partial charge is 0.324 e. The summed E-state index contributed by atoms with van der Waals surface area (Å²) in [6.07, 6.45) is 0.154. The molecule has 106 valence electrons. The van der Waals surface area contributed by atoms with E-state index >= 15 is 0 Å². The van der Waals surface area contributed by atoms with Crippen LogP contribution < -0.4 is 5.73 Å². The van der Waals surface area contributed by atoms with Gasteiger partial charge in [-0.05, 0) is 24.1 Å². The van der Waals surface area contributed by atoms with Crippen LogP contribution in [0.15, 0.2) is 30.3 Å². The van der Waals surface area contributed by atoms with Crippen LogP contribution in [0, 0.1) is 17.5 Å². The van der Waals surface area contributed by atoms with Crippen molar-refractivity contribution in [3.05, 3.63) is 69.0 Å². The molecule has 0 fully saturated rings. The van der Waals surface area contributed by atoms with Crippen molar-refractivity contribution in [2.75, 3.05) is 0 Å². The number of benzene rings is 2. The standard InChI is InChI=1S/C14H10Cl2F3N/c15-9-3-1-2-7(12(9)16)6-11(20)8-4-5-10(17)14(19)13(8)18/h1-5,11H,6,20H2. The molecule has 0 amide bonds. The average molecular weight is 320 g/mol. The molecule has 1 unspecified atom stereocenters. The van der Waals surface area contributed by atoms with Crippen LogP contribution in [0.2, 0.25) is 10.0 Å². The van der Waals surface area contributed by atoms with Crippen LogP contribution in [0.3, 0.4) is 0 Å². The van der Waals surface area contributed by atoms with E-state index in [0.29, 0.717) is 15.6 Å². The van der Waals surface area contributed by atoms with Gasteiger partial charge in [-0.3, -0.25) is 0 Å². The Morgan fingerprint density at radius 2 is 1.70 bits per heavy atom. The quantitative estimate of drug-likeness (QED) is 0.818. The maximum atomic E-state index is 13.6. The summed E-state index contributed by atoms with van der Waals surface area (Å²) < 4.78 is 39.7. The number of halogens is 5. The van der Waals surface area contributed by atoms with E-state index in [4.69, 9.17) is 28.9 Å². The lowest BCUT2D eigenvalue weighted by Gasteiger charge is -2.15. The Morgan fingerprint density at radius 1 is 1.00 bits per heavy atom. The highest BCUT2D eigenvalue weighted by Gasteiger charge is 2.19. The van der Waals surface area contributed by atoms with Gasteiger partial charge in [-0.2, -0.15) is 0 Å². The third-order valence-electron chi connectivity index (χ3n) is 2.94. The second-order valence-electron chi connectivity index (χ2n) is 4.29. The highest BCUT2D eigenvalue weighted by atomic mass is 35.5. The van der Waals surface area contributed by atoms with Crippen molar-refractivity contribution in [3.63, 3.8) is 0 Å². The molecule has 0 spiro atoms. The molecular formula is C14H10Cl2F3N. The summed E-state index contributed by atoms with van der Waals surface area (Å²) in [7, 11) is 0. The van der Waals surface area contributed by atoms with Gasteiger partial charge >= 0.3 is 0 Å². The van der Waals surface area contributed by atoms with Gasteiger partial charge in [0.1, 0.15) is 0 Å². The molecule has 0 saturated heterocycles. The van der Waals surface area contributed by atoms with E-state index in [0.717, 1.165) is 12.1 Å². The van der Waals surface area contributed by atoms with E-state index in [1.165, 1.54) is 0 Å². The molecule has 0 heterocycles. The van der Waals surface area contributed by atoms with Crippen molar-refractivity contribution in [1.82, 2.24) is 0 Å². The molecule has 0 saturated carbocycles. The van der Waals surface area contributed by atoms with Gasteiger partial charge in [-0.1, -0.05) is 41.4 Å². The minimum atomic E-state index is -1.53.